The second kappa shape index (κ2) is 6.89. The normalized spacial score (nSPS) is 22.0. The molecule has 0 aromatic rings. The molecule has 1 aliphatic rings. The zero-order valence-electron chi connectivity index (χ0n) is 13.9. The van der Waals surface area contributed by atoms with E-state index in [1.807, 2.05) is 20.8 Å². The maximum absolute atomic E-state index is 12.6. The number of nitrogens with zero attached hydrogens (tertiary/aromatic N) is 1. The summed E-state index contributed by atoms with van der Waals surface area (Å²) in [5.74, 6) is -2.70. The topological polar surface area (TPSA) is 95.6 Å². The maximum atomic E-state index is 12.6. The first-order valence-electron chi connectivity index (χ1n) is 7.43. The Hall–Kier alpha value is -1.92. The van der Waals surface area contributed by atoms with Gasteiger partial charge in [0, 0.05) is 26.1 Å². The van der Waals surface area contributed by atoms with Gasteiger partial charge in [0.1, 0.15) is 6.04 Å². The molecule has 2 N–H and O–H groups in total. The third-order valence-electron chi connectivity index (χ3n) is 3.54. The van der Waals surface area contributed by atoms with E-state index in [1.165, 1.54) is 18.9 Å². The number of carbonyl (C=O) groups is 4. The van der Waals surface area contributed by atoms with Gasteiger partial charge in [0.05, 0.1) is 5.92 Å². The van der Waals surface area contributed by atoms with Gasteiger partial charge in [-0.15, -0.1) is 0 Å². The van der Waals surface area contributed by atoms with E-state index < -0.39 is 35.1 Å². The second-order valence-electron chi connectivity index (χ2n) is 6.60. The van der Waals surface area contributed by atoms with Crippen LogP contribution in [0.5, 0.6) is 0 Å². The van der Waals surface area contributed by atoms with Crippen molar-refractivity contribution in [2.45, 2.75) is 52.1 Å². The van der Waals surface area contributed by atoms with Crippen LogP contribution in [0.4, 0.5) is 0 Å². The Morgan fingerprint density at radius 1 is 1.09 bits per heavy atom. The molecule has 1 aliphatic heterocycles. The summed E-state index contributed by atoms with van der Waals surface area (Å²) in [5, 5.41) is 5.33. The number of rotatable bonds is 3. The van der Waals surface area contributed by atoms with Crippen LogP contribution in [-0.4, -0.2) is 53.6 Å². The lowest BCUT2D eigenvalue weighted by molar-refractivity contribution is -0.153. The molecule has 3 amide bonds. The highest BCUT2D eigenvalue weighted by Gasteiger charge is 2.44. The van der Waals surface area contributed by atoms with Crippen LogP contribution in [0.2, 0.25) is 0 Å². The van der Waals surface area contributed by atoms with Crippen molar-refractivity contribution in [1.29, 1.82) is 0 Å². The van der Waals surface area contributed by atoms with Crippen LogP contribution in [0.15, 0.2) is 0 Å². The summed E-state index contributed by atoms with van der Waals surface area (Å²) in [4.78, 5) is 49.4. The van der Waals surface area contributed by atoms with E-state index in [0.717, 1.165) is 0 Å². The van der Waals surface area contributed by atoms with E-state index >= 15 is 0 Å². The van der Waals surface area contributed by atoms with Gasteiger partial charge < -0.3 is 15.5 Å². The molecule has 7 heteroatoms. The van der Waals surface area contributed by atoms with Gasteiger partial charge in [-0.3, -0.25) is 19.2 Å². The smallest absolute Gasteiger partial charge is 0.290 e. The third-order valence-corrected chi connectivity index (χ3v) is 3.54. The van der Waals surface area contributed by atoms with Crippen molar-refractivity contribution < 1.29 is 19.2 Å². The Morgan fingerprint density at radius 2 is 1.68 bits per heavy atom. The summed E-state index contributed by atoms with van der Waals surface area (Å²) in [7, 11) is 1.49. The molecule has 1 saturated heterocycles. The molecule has 1 fully saturated rings. The highest BCUT2D eigenvalue weighted by atomic mass is 16.2. The predicted molar refractivity (Wildman–Crippen MR) is 80.9 cm³/mol. The Bertz CT molecular complexity index is 482. The number of nitrogens with one attached hydrogen (secondary N) is 2. The number of hydrogen-bond donors (Lipinski definition) is 2. The fourth-order valence-electron chi connectivity index (χ4n) is 2.65. The van der Waals surface area contributed by atoms with Crippen LogP contribution in [0.1, 0.15) is 40.5 Å². The largest absolute Gasteiger partial charge is 0.359 e. The SMILES string of the molecule is CNC(=O)C1CCCN(C(=O)C(C)=O)[C@@H]1C(=O)NC(C)(C)C. The van der Waals surface area contributed by atoms with Gasteiger partial charge in [0.2, 0.25) is 17.6 Å². The fraction of sp³-hybridized carbons (Fsp3) is 0.733. The average Bonchev–Trinajstić information content (AvgIpc) is 2.42. The molecule has 0 saturated carbocycles. The zero-order chi connectivity index (χ0) is 17.1. The lowest BCUT2D eigenvalue weighted by Gasteiger charge is -2.40. The zero-order valence-corrected chi connectivity index (χ0v) is 13.9. The van der Waals surface area contributed by atoms with E-state index in [0.29, 0.717) is 19.4 Å². The summed E-state index contributed by atoms with van der Waals surface area (Å²) in [6, 6.07) is -0.954. The minimum atomic E-state index is -0.954. The van der Waals surface area contributed by atoms with E-state index in [1.54, 1.807) is 0 Å². The molecular formula is C15H25N3O4. The van der Waals surface area contributed by atoms with Crippen molar-refractivity contribution >= 4 is 23.5 Å². The molecular weight excluding hydrogens is 286 g/mol. The van der Waals surface area contributed by atoms with E-state index in [-0.39, 0.29) is 5.91 Å². The number of amides is 3. The van der Waals surface area contributed by atoms with Gasteiger partial charge in [-0.05, 0) is 33.6 Å². The third kappa shape index (κ3) is 4.29. The van der Waals surface area contributed by atoms with Crippen molar-refractivity contribution in [3.05, 3.63) is 0 Å². The van der Waals surface area contributed by atoms with Crippen LogP contribution in [0, 0.1) is 5.92 Å². The molecule has 0 aromatic heterocycles. The predicted octanol–water partition coefficient (Wildman–Crippen LogP) is -0.157. The molecule has 0 bridgehead atoms. The first kappa shape index (κ1) is 18.1. The molecule has 1 heterocycles. The van der Waals surface area contributed by atoms with E-state index in [2.05, 4.69) is 10.6 Å². The molecule has 124 valence electrons. The Balaban J connectivity index is 3.14. The van der Waals surface area contributed by atoms with Gasteiger partial charge in [0.25, 0.3) is 5.91 Å². The van der Waals surface area contributed by atoms with Crippen molar-refractivity contribution in [3.8, 4) is 0 Å². The summed E-state index contributed by atoms with van der Waals surface area (Å²) in [6.45, 7) is 6.93. The van der Waals surface area contributed by atoms with Gasteiger partial charge >= 0.3 is 0 Å². The van der Waals surface area contributed by atoms with Gasteiger partial charge in [0.15, 0.2) is 0 Å². The minimum Gasteiger partial charge on any atom is -0.359 e. The number of Topliss-reactive ketones (excluding diaryl/α,β-unsaturated/α-hetero) is 1. The molecule has 0 radical (unpaired) electrons. The Labute approximate surface area is 130 Å². The summed E-state index contributed by atoms with van der Waals surface area (Å²) in [6.07, 6.45) is 1.08. The van der Waals surface area contributed by atoms with Crippen molar-refractivity contribution in [2.24, 2.45) is 5.92 Å². The van der Waals surface area contributed by atoms with Gasteiger partial charge in [-0.1, -0.05) is 0 Å². The van der Waals surface area contributed by atoms with Crippen molar-refractivity contribution in [1.82, 2.24) is 15.5 Å². The Kier molecular flexibility index (Phi) is 5.68. The molecule has 0 aliphatic carbocycles. The van der Waals surface area contributed by atoms with Crippen LogP contribution in [0.25, 0.3) is 0 Å². The summed E-state index contributed by atoms with van der Waals surface area (Å²) < 4.78 is 0. The quantitative estimate of drug-likeness (QED) is 0.708. The number of piperidine rings is 1. The lowest BCUT2D eigenvalue weighted by Crippen LogP contribution is -2.61. The average molecular weight is 311 g/mol. The Morgan fingerprint density at radius 3 is 2.14 bits per heavy atom. The maximum Gasteiger partial charge on any atom is 0.290 e. The van der Waals surface area contributed by atoms with Crippen molar-refractivity contribution in [3.63, 3.8) is 0 Å². The van der Waals surface area contributed by atoms with E-state index in [4.69, 9.17) is 0 Å². The molecule has 2 atom stereocenters. The molecule has 0 aromatic carbocycles. The highest BCUT2D eigenvalue weighted by Crippen LogP contribution is 2.25. The van der Waals surface area contributed by atoms with Crippen molar-refractivity contribution in [2.75, 3.05) is 13.6 Å². The van der Waals surface area contributed by atoms with Crippen LogP contribution >= 0.6 is 0 Å². The standard InChI is InChI=1S/C15H25N3O4/c1-9(19)14(22)18-8-6-7-10(12(20)16-5)11(18)13(21)17-15(2,3)4/h10-11H,6-8H2,1-5H3,(H,16,20)(H,17,21)/t10?,11-/m0/s1. The number of likely N-dealkylation sites (tertiary alicyclic amines) is 1. The monoisotopic (exact) mass is 311 g/mol. The summed E-state index contributed by atoms with van der Waals surface area (Å²) in [5.41, 5.74) is -0.493. The number of ketones is 1. The lowest BCUT2D eigenvalue weighted by atomic mass is 9.86. The minimum absolute atomic E-state index is 0.296. The first-order chi connectivity index (χ1) is 10.1. The molecule has 22 heavy (non-hydrogen) atoms. The highest BCUT2D eigenvalue weighted by molar-refractivity contribution is 6.35. The number of carbonyl (C=O) groups excluding carboxylic acids is 4. The van der Waals surface area contributed by atoms with Gasteiger partial charge in [-0.25, -0.2) is 0 Å². The van der Waals surface area contributed by atoms with Crippen LogP contribution < -0.4 is 10.6 Å². The first-order valence-corrected chi connectivity index (χ1v) is 7.43. The second-order valence-corrected chi connectivity index (χ2v) is 6.60. The van der Waals surface area contributed by atoms with Gasteiger partial charge in [-0.2, -0.15) is 0 Å². The molecule has 1 unspecified atom stereocenters. The molecule has 1 rings (SSSR count). The molecule has 7 nitrogen and oxygen atoms in total. The van der Waals surface area contributed by atoms with E-state index in [9.17, 15) is 19.2 Å². The molecule has 0 spiro atoms. The number of hydrogen-bond acceptors (Lipinski definition) is 4. The summed E-state index contributed by atoms with van der Waals surface area (Å²) >= 11 is 0. The van der Waals surface area contributed by atoms with Crippen LogP contribution in [-0.2, 0) is 19.2 Å². The van der Waals surface area contributed by atoms with Crippen LogP contribution in [0.3, 0.4) is 0 Å². The fourth-order valence-corrected chi connectivity index (χ4v) is 2.65.